The second-order valence-corrected chi connectivity index (χ2v) is 8.86. The minimum Gasteiger partial charge on any atom is -0.265 e. The van der Waals surface area contributed by atoms with Gasteiger partial charge in [0.25, 0.3) is 0 Å². The Bertz CT molecular complexity index is 138. The van der Waals surface area contributed by atoms with E-state index in [9.17, 15) is 0 Å². The minimum atomic E-state index is -0.694. The highest BCUT2D eigenvalue weighted by atomic mass is 35.7. The standard InChI is InChI=1S/C5H5N.C3H9ClS/c1-2-4-6-5-3-1;1-5(2,3)4/h1-5H;1-3H3. The summed E-state index contributed by atoms with van der Waals surface area (Å²) in [5.41, 5.74) is 0. The van der Waals surface area contributed by atoms with Gasteiger partial charge in [0.15, 0.2) is 0 Å². The molecular formula is C8H14ClNS. The third-order valence-corrected chi connectivity index (χ3v) is 0.566. The van der Waals surface area contributed by atoms with E-state index >= 15 is 0 Å². The maximum atomic E-state index is 5.61. The summed E-state index contributed by atoms with van der Waals surface area (Å²) in [5, 5.41) is 0. The summed E-state index contributed by atoms with van der Waals surface area (Å²) < 4.78 is 0. The molecule has 0 aromatic carbocycles. The molecule has 0 aliphatic rings. The van der Waals surface area contributed by atoms with Crippen LogP contribution in [0.15, 0.2) is 30.6 Å². The smallest absolute Gasteiger partial charge is 0.0267 e. The monoisotopic (exact) mass is 191 g/mol. The quantitative estimate of drug-likeness (QED) is 0.615. The topological polar surface area (TPSA) is 12.9 Å². The lowest BCUT2D eigenvalue weighted by atomic mass is 10.5. The number of hydrogen-bond donors (Lipinski definition) is 0. The molecule has 1 aromatic rings. The fourth-order valence-corrected chi connectivity index (χ4v) is 0.313. The van der Waals surface area contributed by atoms with Gasteiger partial charge in [-0.05, 0) is 30.9 Å². The van der Waals surface area contributed by atoms with Crippen LogP contribution in [0.25, 0.3) is 0 Å². The molecule has 0 N–H and O–H groups in total. The lowest BCUT2D eigenvalue weighted by Crippen LogP contribution is -1.73. The molecule has 0 amide bonds. The van der Waals surface area contributed by atoms with E-state index in [4.69, 9.17) is 10.7 Å². The fourth-order valence-electron chi connectivity index (χ4n) is 0.313. The molecule has 0 aliphatic carbocycles. The number of nitrogens with zero attached hydrogens (tertiary/aromatic N) is 1. The van der Waals surface area contributed by atoms with Crippen LogP contribution in [0.5, 0.6) is 0 Å². The van der Waals surface area contributed by atoms with Crippen LogP contribution in [-0.4, -0.2) is 23.8 Å². The maximum Gasteiger partial charge on any atom is 0.0267 e. The van der Waals surface area contributed by atoms with E-state index in [1.54, 1.807) is 12.4 Å². The summed E-state index contributed by atoms with van der Waals surface area (Å²) in [7, 11) is 4.92. The highest BCUT2D eigenvalue weighted by molar-refractivity contribution is 8.49. The zero-order valence-electron chi connectivity index (χ0n) is 7.12. The number of rotatable bonds is 0. The van der Waals surface area contributed by atoms with E-state index in [-0.39, 0.29) is 0 Å². The van der Waals surface area contributed by atoms with E-state index in [2.05, 4.69) is 4.98 Å². The van der Waals surface area contributed by atoms with Gasteiger partial charge in [-0.1, -0.05) is 16.7 Å². The Hall–Kier alpha value is -0.210. The summed E-state index contributed by atoms with van der Waals surface area (Å²) in [6, 6.07) is 5.72. The van der Waals surface area contributed by atoms with Gasteiger partial charge in [-0.3, -0.25) is 4.98 Å². The summed E-state index contributed by atoms with van der Waals surface area (Å²) >= 11 is 0. The SMILES string of the molecule is CS(C)(C)Cl.c1ccncc1. The third kappa shape index (κ3) is 17.7. The van der Waals surface area contributed by atoms with Crippen molar-refractivity contribution >= 4 is 19.9 Å². The molecule has 1 rings (SSSR count). The van der Waals surface area contributed by atoms with Gasteiger partial charge in [-0.25, -0.2) is 0 Å². The molecule has 3 heteroatoms. The zero-order chi connectivity index (χ0) is 8.74. The van der Waals surface area contributed by atoms with Crippen molar-refractivity contribution in [3.05, 3.63) is 30.6 Å². The van der Waals surface area contributed by atoms with Crippen molar-refractivity contribution in [2.75, 3.05) is 18.8 Å². The van der Waals surface area contributed by atoms with Gasteiger partial charge in [0.1, 0.15) is 0 Å². The largest absolute Gasteiger partial charge is 0.265 e. The number of halogens is 1. The number of hydrogen-bond acceptors (Lipinski definition) is 1. The summed E-state index contributed by atoms with van der Waals surface area (Å²) in [6.07, 6.45) is 9.61. The van der Waals surface area contributed by atoms with Crippen LogP contribution < -0.4 is 0 Å². The Kier molecular flexibility index (Phi) is 5.34. The normalized spacial score (nSPS) is 11.3. The van der Waals surface area contributed by atoms with Gasteiger partial charge in [-0.15, -0.1) is 0 Å². The van der Waals surface area contributed by atoms with Gasteiger partial charge in [0, 0.05) is 12.4 Å². The first-order valence-electron chi connectivity index (χ1n) is 3.23. The molecular weight excluding hydrogens is 178 g/mol. The van der Waals surface area contributed by atoms with Crippen molar-refractivity contribution < 1.29 is 0 Å². The van der Waals surface area contributed by atoms with Crippen LogP contribution in [0.2, 0.25) is 0 Å². The summed E-state index contributed by atoms with van der Waals surface area (Å²) in [4.78, 5) is 3.78. The molecule has 0 aliphatic heterocycles. The Labute approximate surface area is 74.6 Å². The molecule has 0 unspecified atom stereocenters. The second-order valence-electron chi connectivity index (χ2n) is 2.71. The van der Waals surface area contributed by atoms with Gasteiger partial charge in [0.05, 0.1) is 0 Å². The van der Waals surface area contributed by atoms with Crippen molar-refractivity contribution in [3.63, 3.8) is 0 Å². The van der Waals surface area contributed by atoms with Crippen molar-refractivity contribution in [1.82, 2.24) is 4.98 Å². The molecule has 0 saturated heterocycles. The molecule has 64 valence electrons. The van der Waals surface area contributed by atoms with Crippen molar-refractivity contribution in [3.8, 4) is 0 Å². The van der Waals surface area contributed by atoms with E-state index in [0.29, 0.717) is 0 Å². The molecule has 1 aromatic heterocycles. The van der Waals surface area contributed by atoms with Crippen LogP contribution >= 0.6 is 19.9 Å². The molecule has 0 fully saturated rings. The Balaban J connectivity index is 0.000000187. The Morgan fingerprint density at radius 3 is 1.45 bits per heavy atom. The van der Waals surface area contributed by atoms with Crippen molar-refractivity contribution in [2.45, 2.75) is 0 Å². The average Bonchev–Trinajstić information content (AvgIpc) is 1.88. The van der Waals surface area contributed by atoms with Crippen LogP contribution in [0.1, 0.15) is 0 Å². The fraction of sp³-hybridized carbons (Fsp3) is 0.375. The Morgan fingerprint density at radius 2 is 1.36 bits per heavy atom. The lowest BCUT2D eigenvalue weighted by Gasteiger charge is -2.10. The molecule has 0 bridgehead atoms. The molecule has 0 spiro atoms. The van der Waals surface area contributed by atoms with Gasteiger partial charge in [0.2, 0.25) is 0 Å². The van der Waals surface area contributed by atoms with Crippen LogP contribution in [0.3, 0.4) is 0 Å². The second kappa shape index (κ2) is 5.44. The molecule has 11 heavy (non-hydrogen) atoms. The molecule has 0 saturated carbocycles. The van der Waals surface area contributed by atoms with Crippen LogP contribution in [0, 0.1) is 0 Å². The average molecular weight is 192 g/mol. The van der Waals surface area contributed by atoms with Crippen molar-refractivity contribution in [2.24, 2.45) is 0 Å². The molecule has 1 heterocycles. The predicted octanol–water partition coefficient (Wildman–Crippen LogP) is 2.92. The maximum absolute atomic E-state index is 5.61. The number of pyridine rings is 1. The molecule has 1 nitrogen and oxygen atoms in total. The molecule has 0 atom stereocenters. The van der Waals surface area contributed by atoms with Crippen LogP contribution in [-0.2, 0) is 0 Å². The third-order valence-electron chi connectivity index (χ3n) is 0.566. The van der Waals surface area contributed by atoms with Crippen molar-refractivity contribution in [1.29, 1.82) is 0 Å². The first kappa shape index (κ1) is 10.8. The van der Waals surface area contributed by atoms with Gasteiger partial charge in [-0.2, -0.15) is 9.24 Å². The van der Waals surface area contributed by atoms with E-state index in [1.165, 1.54) is 0 Å². The van der Waals surface area contributed by atoms with E-state index in [1.807, 2.05) is 37.0 Å². The van der Waals surface area contributed by atoms with Gasteiger partial charge < -0.3 is 0 Å². The Morgan fingerprint density at radius 1 is 1.00 bits per heavy atom. The minimum absolute atomic E-state index is 0.694. The van der Waals surface area contributed by atoms with E-state index in [0.717, 1.165) is 0 Å². The first-order chi connectivity index (χ1) is 5.00. The predicted molar refractivity (Wildman–Crippen MR) is 55.5 cm³/mol. The molecule has 0 radical (unpaired) electrons. The highest BCUT2D eigenvalue weighted by Gasteiger charge is 1.90. The van der Waals surface area contributed by atoms with Crippen LogP contribution in [0.4, 0.5) is 0 Å². The van der Waals surface area contributed by atoms with E-state index < -0.39 is 9.24 Å². The highest BCUT2D eigenvalue weighted by Crippen LogP contribution is 2.39. The van der Waals surface area contributed by atoms with Gasteiger partial charge >= 0.3 is 0 Å². The zero-order valence-corrected chi connectivity index (χ0v) is 8.69. The summed E-state index contributed by atoms with van der Waals surface area (Å²) in [6.45, 7) is 0. The first-order valence-corrected chi connectivity index (χ1v) is 6.91. The summed E-state index contributed by atoms with van der Waals surface area (Å²) in [5.74, 6) is 0. The lowest BCUT2D eigenvalue weighted by molar-refractivity contribution is 1.33. The number of aromatic nitrogens is 1.